The lowest BCUT2D eigenvalue weighted by molar-refractivity contribution is -0.113. The summed E-state index contributed by atoms with van der Waals surface area (Å²) in [5, 5.41) is 17.8. The Hall–Kier alpha value is -2.26. The molecule has 0 aliphatic heterocycles. The Labute approximate surface area is 173 Å². The van der Waals surface area contributed by atoms with Gasteiger partial charge in [0.15, 0.2) is 5.13 Å². The molecule has 0 spiro atoms. The van der Waals surface area contributed by atoms with Gasteiger partial charge in [0.25, 0.3) is 0 Å². The highest BCUT2D eigenvalue weighted by molar-refractivity contribution is 7.99. The summed E-state index contributed by atoms with van der Waals surface area (Å²) < 4.78 is 1.72. The molecule has 0 unspecified atom stereocenters. The van der Waals surface area contributed by atoms with E-state index in [1.165, 1.54) is 39.8 Å². The number of nitrogens with zero attached hydrogens (tertiary/aromatic N) is 5. The lowest BCUT2D eigenvalue weighted by Gasteiger charge is -2.19. The molecule has 0 atom stereocenters. The average Bonchev–Trinajstić information content (AvgIpc) is 3.21. The zero-order valence-electron chi connectivity index (χ0n) is 16.9. The van der Waals surface area contributed by atoms with Crippen molar-refractivity contribution in [2.24, 2.45) is 0 Å². The minimum absolute atomic E-state index is 0.133. The van der Waals surface area contributed by atoms with Crippen LogP contribution in [-0.4, -0.2) is 36.9 Å². The van der Waals surface area contributed by atoms with Gasteiger partial charge in [-0.2, -0.15) is 0 Å². The molecule has 9 heteroatoms. The number of anilines is 1. The van der Waals surface area contributed by atoms with Gasteiger partial charge in [-0.25, -0.2) is 9.67 Å². The third kappa shape index (κ3) is 4.59. The Bertz CT molecular complexity index is 979. The van der Waals surface area contributed by atoms with E-state index in [9.17, 15) is 4.79 Å². The Morgan fingerprint density at radius 3 is 2.54 bits per heavy atom. The molecule has 2 aromatic heterocycles. The number of rotatable bonds is 5. The van der Waals surface area contributed by atoms with Crippen LogP contribution in [0.15, 0.2) is 22.7 Å². The Kier molecular flexibility index (Phi) is 5.85. The molecule has 2 heterocycles. The van der Waals surface area contributed by atoms with E-state index in [0.29, 0.717) is 10.3 Å². The maximum absolute atomic E-state index is 12.3. The molecular formula is C19H24N6OS2. The lowest BCUT2D eigenvalue weighted by atomic mass is 9.98. The van der Waals surface area contributed by atoms with E-state index >= 15 is 0 Å². The van der Waals surface area contributed by atoms with E-state index in [0.717, 1.165) is 11.3 Å². The molecule has 3 rings (SSSR count). The van der Waals surface area contributed by atoms with Crippen molar-refractivity contribution >= 4 is 34.1 Å². The molecule has 0 fully saturated rings. The van der Waals surface area contributed by atoms with Crippen LogP contribution in [0.3, 0.4) is 0 Å². The molecule has 1 amide bonds. The van der Waals surface area contributed by atoms with Crippen LogP contribution >= 0.6 is 23.1 Å². The van der Waals surface area contributed by atoms with Crippen molar-refractivity contribution in [2.75, 3.05) is 11.1 Å². The third-order valence-electron chi connectivity index (χ3n) is 4.09. The van der Waals surface area contributed by atoms with Crippen molar-refractivity contribution in [3.63, 3.8) is 0 Å². The SMILES string of the molecule is Cc1cc(C)c(-c2csc(NC(=O)CSc3nnnn3C(C)(C)C)n2)c(C)c1. The number of hydrogen-bond acceptors (Lipinski definition) is 7. The van der Waals surface area contributed by atoms with Crippen molar-refractivity contribution in [3.05, 3.63) is 34.2 Å². The second-order valence-corrected chi connectivity index (χ2v) is 9.49. The quantitative estimate of drug-likeness (QED) is 0.627. The van der Waals surface area contributed by atoms with Crippen LogP contribution in [-0.2, 0) is 10.3 Å². The summed E-state index contributed by atoms with van der Waals surface area (Å²) in [5.74, 6) is 0.0835. The number of nitrogens with one attached hydrogen (secondary N) is 1. The number of tetrazole rings is 1. The fourth-order valence-corrected chi connectivity index (χ4v) is 4.58. The van der Waals surface area contributed by atoms with Crippen LogP contribution in [0, 0.1) is 20.8 Å². The van der Waals surface area contributed by atoms with Crippen molar-refractivity contribution in [1.29, 1.82) is 0 Å². The van der Waals surface area contributed by atoms with Crippen LogP contribution in [0.5, 0.6) is 0 Å². The Morgan fingerprint density at radius 1 is 1.21 bits per heavy atom. The van der Waals surface area contributed by atoms with Crippen LogP contribution in [0.2, 0.25) is 0 Å². The van der Waals surface area contributed by atoms with Crippen LogP contribution in [0.25, 0.3) is 11.3 Å². The number of benzene rings is 1. The zero-order chi connectivity index (χ0) is 20.5. The Morgan fingerprint density at radius 2 is 1.89 bits per heavy atom. The smallest absolute Gasteiger partial charge is 0.236 e. The van der Waals surface area contributed by atoms with Gasteiger partial charge >= 0.3 is 0 Å². The van der Waals surface area contributed by atoms with Gasteiger partial charge in [-0.3, -0.25) is 4.79 Å². The van der Waals surface area contributed by atoms with E-state index in [1.807, 2.05) is 26.2 Å². The fourth-order valence-electron chi connectivity index (χ4n) is 3.01. The predicted molar refractivity (Wildman–Crippen MR) is 114 cm³/mol. The van der Waals surface area contributed by atoms with Gasteiger partial charge in [0.2, 0.25) is 11.1 Å². The summed E-state index contributed by atoms with van der Waals surface area (Å²) in [6.45, 7) is 12.3. The van der Waals surface area contributed by atoms with Crippen LogP contribution in [0.1, 0.15) is 37.5 Å². The second kappa shape index (κ2) is 8.00. The number of carbonyl (C=O) groups is 1. The maximum Gasteiger partial charge on any atom is 0.236 e. The van der Waals surface area contributed by atoms with Gasteiger partial charge in [-0.1, -0.05) is 29.5 Å². The predicted octanol–water partition coefficient (Wildman–Crippen LogP) is 4.21. The largest absolute Gasteiger partial charge is 0.301 e. The molecule has 148 valence electrons. The number of amides is 1. The number of aryl methyl sites for hydroxylation is 3. The molecular weight excluding hydrogens is 392 g/mol. The van der Waals surface area contributed by atoms with Crippen molar-refractivity contribution in [3.8, 4) is 11.3 Å². The first kappa shape index (κ1) is 20.5. The van der Waals surface area contributed by atoms with Crippen molar-refractivity contribution < 1.29 is 4.79 Å². The molecule has 1 aromatic carbocycles. The summed E-state index contributed by atoms with van der Waals surface area (Å²) in [6.07, 6.45) is 0. The van der Waals surface area contributed by atoms with Crippen molar-refractivity contribution in [2.45, 2.75) is 52.2 Å². The molecule has 0 saturated heterocycles. The maximum atomic E-state index is 12.3. The first-order chi connectivity index (χ1) is 13.1. The molecule has 0 saturated carbocycles. The topological polar surface area (TPSA) is 85.6 Å². The van der Waals surface area contributed by atoms with Crippen LogP contribution < -0.4 is 5.32 Å². The summed E-state index contributed by atoms with van der Waals surface area (Å²) in [6, 6.07) is 4.30. The van der Waals surface area contributed by atoms with E-state index in [4.69, 9.17) is 0 Å². The van der Waals surface area contributed by atoms with Gasteiger partial charge in [0.1, 0.15) is 0 Å². The minimum atomic E-state index is -0.240. The molecule has 0 bridgehead atoms. The molecule has 7 nitrogen and oxygen atoms in total. The summed E-state index contributed by atoms with van der Waals surface area (Å²) in [4.78, 5) is 17.0. The van der Waals surface area contributed by atoms with E-state index < -0.39 is 0 Å². The first-order valence-corrected chi connectivity index (χ1v) is 10.8. The van der Waals surface area contributed by atoms with E-state index in [2.05, 4.69) is 58.7 Å². The lowest BCUT2D eigenvalue weighted by Crippen LogP contribution is -2.24. The standard InChI is InChI=1S/C19H24N6OS2/c1-11-7-12(2)16(13(3)8-11)14-9-27-17(20-14)21-15(26)10-28-18-22-23-24-25(18)19(4,5)6/h7-9H,10H2,1-6H3,(H,20,21,26). The van der Waals surface area contributed by atoms with Gasteiger partial charge in [0, 0.05) is 10.9 Å². The normalized spacial score (nSPS) is 11.6. The minimum Gasteiger partial charge on any atom is -0.301 e. The molecule has 3 aromatic rings. The summed E-state index contributed by atoms with van der Waals surface area (Å²) in [7, 11) is 0. The number of hydrogen-bond donors (Lipinski definition) is 1. The molecule has 0 radical (unpaired) electrons. The van der Waals surface area contributed by atoms with E-state index in [-0.39, 0.29) is 17.2 Å². The first-order valence-electron chi connectivity index (χ1n) is 8.90. The van der Waals surface area contributed by atoms with Gasteiger partial charge < -0.3 is 5.32 Å². The van der Waals surface area contributed by atoms with Crippen molar-refractivity contribution in [1.82, 2.24) is 25.2 Å². The van der Waals surface area contributed by atoms with Gasteiger partial charge in [-0.15, -0.1) is 16.4 Å². The second-order valence-electron chi connectivity index (χ2n) is 7.69. The third-order valence-corrected chi connectivity index (χ3v) is 5.77. The van der Waals surface area contributed by atoms with E-state index in [1.54, 1.807) is 4.68 Å². The molecule has 28 heavy (non-hydrogen) atoms. The van der Waals surface area contributed by atoms with Gasteiger partial charge in [-0.05, 0) is 63.1 Å². The fraction of sp³-hybridized carbons (Fsp3) is 0.421. The molecule has 1 N–H and O–H groups in total. The number of thioether (sulfide) groups is 1. The Balaban J connectivity index is 1.66. The highest BCUT2D eigenvalue weighted by Gasteiger charge is 2.21. The molecule has 0 aliphatic rings. The highest BCUT2D eigenvalue weighted by atomic mass is 32.2. The average molecular weight is 417 g/mol. The highest BCUT2D eigenvalue weighted by Crippen LogP contribution is 2.31. The molecule has 0 aliphatic carbocycles. The number of carbonyl (C=O) groups excluding carboxylic acids is 1. The summed E-state index contributed by atoms with van der Waals surface area (Å²) >= 11 is 2.74. The number of thiazole rings is 1. The monoisotopic (exact) mass is 416 g/mol. The van der Waals surface area contributed by atoms with Crippen LogP contribution in [0.4, 0.5) is 5.13 Å². The summed E-state index contributed by atoms with van der Waals surface area (Å²) in [5.41, 5.74) is 5.38. The zero-order valence-corrected chi connectivity index (χ0v) is 18.5. The van der Waals surface area contributed by atoms with Gasteiger partial charge in [0.05, 0.1) is 17.0 Å². The number of aromatic nitrogens is 5.